The zero-order valence-corrected chi connectivity index (χ0v) is 15.8. The van der Waals surface area contributed by atoms with E-state index in [1.54, 1.807) is 19.2 Å². The summed E-state index contributed by atoms with van der Waals surface area (Å²) in [5, 5.41) is 13.2. The molecule has 0 saturated carbocycles. The maximum Gasteiger partial charge on any atom is 0.181 e. The van der Waals surface area contributed by atoms with Crippen LogP contribution in [0, 0.1) is 0 Å². The zero-order valence-electron chi connectivity index (χ0n) is 15.8. The van der Waals surface area contributed by atoms with Crippen LogP contribution in [-0.2, 0) is 6.54 Å². The quantitative estimate of drug-likeness (QED) is 0.494. The molecule has 0 aliphatic carbocycles. The van der Waals surface area contributed by atoms with Crippen molar-refractivity contribution < 1.29 is 14.3 Å². The highest BCUT2D eigenvalue weighted by atomic mass is 16.5. The van der Waals surface area contributed by atoms with Gasteiger partial charge in [-0.25, -0.2) is 4.98 Å². The first-order chi connectivity index (χ1) is 13.6. The summed E-state index contributed by atoms with van der Waals surface area (Å²) >= 11 is 0. The maximum absolute atomic E-state index is 9.67. The van der Waals surface area contributed by atoms with E-state index in [1.807, 2.05) is 36.4 Å². The lowest BCUT2D eigenvalue weighted by Crippen LogP contribution is -2.18. The first-order valence-corrected chi connectivity index (χ1v) is 9.17. The minimum atomic E-state index is 0.115. The number of phenols is 1. The Balaban J connectivity index is 1.58. The van der Waals surface area contributed by atoms with Gasteiger partial charge < -0.3 is 19.6 Å². The standard InChI is InChI=1S/C23H22N2O3/c1-15(17-4-3-5-19(26)11-17)24-13-16-6-8-22(27-2)20(10-16)18-7-9-23-21(12-18)25-14-28-23/h3-12,14-15,24,26H,13H2,1-2H3/t15-/m1/s1. The molecule has 5 nitrogen and oxygen atoms in total. The smallest absolute Gasteiger partial charge is 0.181 e. The second kappa shape index (κ2) is 7.74. The minimum absolute atomic E-state index is 0.115. The Morgan fingerprint density at radius 2 is 2.00 bits per heavy atom. The van der Waals surface area contributed by atoms with Gasteiger partial charge in [0.05, 0.1) is 7.11 Å². The predicted molar refractivity (Wildman–Crippen MR) is 109 cm³/mol. The summed E-state index contributed by atoms with van der Waals surface area (Å²) in [7, 11) is 1.68. The molecular formula is C23H22N2O3. The Hall–Kier alpha value is -3.31. The number of oxazole rings is 1. The molecule has 0 unspecified atom stereocenters. The van der Waals surface area contributed by atoms with E-state index in [0.717, 1.165) is 39.1 Å². The molecule has 0 spiro atoms. The summed E-state index contributed by atoms with van der Waals surface area (Å²) < 4.78 is 10.9. The number of aromatic hydroxyl groups is 1. The number of hydrogen-bond acceptors (Lipinski definition) is 5. The van der Waals surface area contributed by atoms with Crippen LogP contribution in [0.25, 0.3) is 22.2 Å². The van der Waals surface area contributed by atoms with Crippen LogP contribution in [-0.4, -0.2) is 17.2 Å². The van der Waals surface area contributed by atoms with Gasteiger partial charge in [-0.15, -0.1) is 0 Å². The van der Waals surface area contributed by atoms with Crippen molar-refractivity contribution in [2.75, 3.05) is 7.11 Å². The van der Waals surface area contributed by atoms with Crippen molar-refractivity contribution in [1.29, 1.82) is 0 Å². The molecule has 1 heterocycles. The number of fused-ring (bicyclic) bond motifs is 1. The lowest BCUT2D eigenvalue weighted by molar-refractivity contribution is 0.416. The van der Waals surface area contributed by atoms with Crippen LogP contribution in [0.3, 0.4) is 0 Å². The average molecular weight is 374 g/mol. The second-order valence-corrected chi connectivity index (χ2v) is 6.77. The first kappa shape index (κ1) is 18.1. The Kier molecular flexibility index (Phi) is 5.00. The van der Waals surface area contributed by atoms with Gasteiger partial charge in [0, 0.05) is 18.2 Å². The first-order valence-electron chi connectivity index (χ1n) is 9.17. The molecule has 0 aliphatic heterocycles. The number of aromatic nitrogens is 1. The van der Waals surface area contributed by atoms with Gasteiger partial charge in [-0.3, -0.25) is 0 Å². The van der Waals surface area contributed by atoms with E-state index in [9.17, 15) is 5.11 Å². The van der Waals surface area contributed by atoms with Crippen LogP contribution in [0.5, 0.6) is 11.5 Å². The topological polar surface area (TPSA) is 67.5 Å². The third-order valence-electron chi connectivity index (χ3n) is 4.89. The molecule has 0 amide bonds. The number of benzene rings is 3. The van der Waals surface area contributed by atoms with E-state index in [4.69, 9.17) is 9.15 Å². The van der Waals surface area contributed by atoms with Crippen molar-refractivity contribution in [3.63, 3.8) is 0 Å². The molecule has 4 aromatic rings. The van der Waals surface area contributed by atoms with E-state index in [-0.39, 0.29) is 11.8 Å². The Morgan fingerprint density at radius 3 is 2.82 bits per heavy atom. The van der Waals surface area contributed by atoms with Gasteiger partial charge >= 0.3 is 0 Å². The van der Waals surface area contributed by atoms with Crippen molar-refractivity contribution in [2.24, 2.45) is 0 Å². The van der Waals surface area contributed by atoms with Gasteiger partial charge in [0.2, 0.25) is 0 Å². The number of nitrogens with one attached hydrogen (secondary N) is 1. The Morgan fingerprint density at radius 1 is 1.11 bits per heavy atom. The third kappa shape index (κ3) is 3.70. The molecule has 1 atom stereocenters. The fourth-order valence-electron chi connectivity index (χ4n) is 3.30. The Labute approximate surface area is 163 Å². The van der Waals surface area contributed by atoms with E-state index in [2.05, 4.69) is 29.4 Å². The summed E-state index contributed by atoms with van der Waals surface area (Å²) in [6.45, 7) is 2.78. The van der Waals surface area contributed by atoms with Crippen LogP contribution in [0.15, 0.2) is 71.5 Å². The van der Waals surface area contributed by atoms with E-state index in [0.29, 0.717) is 6.54 Å². The summed E-state index contributed by atoms with van der Waals surface area (Å²) in [5.74, 6) is 1.09. The van der Waals surface area contributed by atoms with Gasteiger partial charge in [-0.05, 0) is 60.0 Å². The number of hydrogen-bond donors (Lipinski definition) is 2. The van der Waals surface area contributed by atoms with E-state index >= 15 is 0 Å². The van der Waals surface area contributed by atoms with E-state index < -0.39 is 0 Å². The normalized spacial score (nSPS) is 12.2. The van der Waals surface area contributed by atoms with Crippen LogP contribution in [0.1, 0.15) is 24.1 Å². The zero-order chi connectivity index (χ0) is 19.5. The highest BCUT2D eigenvalue weighted by Crippen LogP contribution is 2.33. The molecule has 4 rings (SSSR count). The molecule has 142 valence electrons. The summed E-state index contributed by atoms with van der Waals surface area (Å²) in [5.41, 5.74) is 5.81. The molecule has 0 bridgehead atoms. The molecule has 3 aromatic carbocycles. The van der Waals surface area contributed by atoms with Crippen LogP contribution < -0.4 is 10.1 Å². The number of phenolic OH excluding ortho intramolecular Hbond substituents is 1. The SMILES string of the molecule is COc1ccc(CN[C@H](C)c2cccc(O)c2)cc1-c1ccc2ocnc2c1. The molecule has 0 aliphatic rings. The van der Waals surface area contributed by atoms with Crippen molar-refractivity contribution in [1.82, 2.24) is 10.3 Å². The van der Waals surface area contributed by atoms with Crippen molar-refractivity contribution >= 4 is 11.1 Å². The average Bonchev–Trinajstić information content (AvgIpc) is 3.19. The van der Waals surface area contributed by atoms with Gasteiger partial charge in [-0.2, -0.15) is 0 Å². The predicted octanol–water partition coefficient (Wildman–Crippen LogP) is 5.06. The highest BCUT2D eigenvalue weighted by molar-refractivity contribution is 5.82. The highest BCUT2D eigenvalue weighted by Gasteiger charge is 2.11. The largest absolute Gasteiger partial charge is 0.508 e. The Bertz CT molecular complexity index is 1100. The van der Waals surface area contributed by atoms with Crippen molar-refractivity contribution in [3.05, 3.63) is 78.2 Å². The van der Waals surface area contributed by atoms with Gasteiger partial charge in [-0.1, -0.05) is 24.3 Å². The third-order valence-corrected chi connectivity index (χ3v) is 4.89. The monoisotopic (exact) mass is 374 g/mol. The van der Waals surface area contributed by atoms with Crippen molar-refractivity contribution in [3.8, 4) is 22.6 Å². The van der Waals surface area contributed by atoms with Gasteiger partial charge in [0.25, 0.3) is 0 Å². The molecule has 0 saturated heterocycles. The van der Waals surface area contributed by atoms with E-state index in [1.165, 1.54) is 6.39 Å². The maximum atomic E-state index is 9.67. The number of ether oxygens (including phenoxy) is 1. The summed E-state index contributed by atoms with van der Waals surface area (Å²) in [4.78, 5) is 4.24. The van der Waals surface area contributed by atoms with Crippen molar-refractivity contribution in [2.45, 2.75) is 19.5 Å². The number of nitrogens with zero attached hydrogens (tertiary/aromatic N) is 1. The number of methoxy groups -OCH3 is 1. The minimum Gasteiger partial charge on any atom is -0.508 e. The fraction of sp³-hybridized carbons (Fsp3) is 0.174. The molecule has 5 heteroatoms. The molecule has 28 heavy (non-hydrogen) atoms. The fourth-order valence-corrected chi connectivity index (χ4v) is 3.30. The summed E-state index contributed by atoms with van der Waals surface area (Å²) in [6, 6.07) is 19.5. The second-order valence-electron chi connectivity index (χ2n) is 6.77. The lowest BCUT2D eigenvalue weighted by Gasteiger charge is -2.16. The van der Waals surface area contributed by atoms with Crippen LogP contribution >= 0.6 is 0 Å². The van der Waals surface area contributed by atoms with Crippen LogP contribution in [0.4, 0.5) is 0 Å². The van der Waals surface area contributed by atoms with Crippen LogP contribution in [0.2, 0.25) is 0 Å². The molecule has 0 radical (unpaired) electrons. The molecule has 0 fully saturated rings. The molecular weight excluding hydrogens is 352 g/mol. The number of rotatable bonds is 6. The molecule has 2 N–H and O–H groups in total. The van der Waals surface area contributed by atoms with Gasteiger partial charge in [0.15, 0.2) is 12.0 Å². The lowest BCUT2D eigenvalue weighted by atomic mass is 10.0. The summed E-state index contributed by atoms with van der Waals surface area (Å²) in [6.07, 6.45) is 1.45. The molecule has 1 aromatic heterocycles. The van der Waals surface area contributed by atoms with Gasteiger partial charge in [0.1, 0.15) is 17.0 Å².